The zero-order valence-electron chi connectivity index (χ0n) is 11.4. The van der Waals surface area contributed by atoms with Gasteiger partial charge >= 0.3 is 5.97 Å². The third-order valence-corrected chi connectivity index (χ3v) is 5.01. The molecule has 0 aromatic carbocycles. The molecule has 0 saturated heterocycles. The molecule has 6 nitrogen and oxygen atoms in total. The topological polar surface area (TPSA) is 88.4 Å². The van der Waals surface area contributed by atoms with Crippen molar-refractivity contribution >= 4 is 27.3 Å². The first-order chi connectivity index (χ1) is 9.94. The highest BCUT2D eigenvalue weighted by Gasteiger charge is 2.21. The highest BCUT2D eigenvalue weighted by molar-refractivity contribution is 7.89. The summed E-state index contributed by atoms with van der Waals surface area (Å²) in [6.45, 7) is 2.55. The van der Waals surface area contributed by atoms with Crippen molar-refractivity contribution in [1.29, 1.82) is 0 Å². The Labute approximate surface area is 127 Å². The SMILES string of the molecule is CCCn1cc(S(=O)(=O)NCc2ccsc2)cc1C(=O)O. The van der Waals surface area contributed by atoms with Crippen LogP contribution >= 0.6 is 11.3 Å². The molecule has 0 bridgehead atoms. The summed E-state index contributed by atoms with van der Waals surface area (Å²) in [7, 11) is -3.72. The summed E-state index contributed by atoms with van der Waals surface area (Å²) in [5, 5.41) is 12.8. The Morgan fingerprint density at radius 3 is 2.81 bits per heavy atom. The van der Waals surface area contributed by atoms with Crippen LogP contribution in [0.25, 0.3) is 0 Å². The summed E-state index contributed by atoms with van der Waals surface area (Å²) in [4.78, 5) is 11.1. The Balaban J connectivity index is 2.23. The van der Waals surface area contributed by atoms with Gasteiger partial charge in [0, 0.05) is 19.3 Å². The number of carbonyl (C=O) groups is 1. The van der Waals surface area contributed by atoms with Crippen molar-refractivity contribution in [3.05, 3.63) is 40.3 Å². The first-order valence-corrected chi connectivity index (χ1v) is 8.81. The van der Waals surface area contributed by atoms with Crippen molar-refractivity contribution in [3.63, 3.8) is 0 Å². The molecule has 21 heavy (non-hydrogen) atoms. The summed E-state index contributed by atoms with van der Waals surface area (Å²) < 4.78 is 28.3. The highest BCUT2D eigenvalue weighted by atomic mass is 32.2. The molecule has 0 aliphatic carbocycles. The van der Waals surface area contributed by atoms with Gasteiger partial charge in [0.15, 0.2) is 0 Å². The number of nitrogens with one attached hydrogen (secondary N) is 1. The van der Waals surface area contributed by atoms with Crippen LogP contribution in [0.4, 0.5) is 0 Å². The second kappa shape index (κ2) is 6.42. The van der Waals surface area contributed by atoms with E-state index >= 15 is 0 Å². The number of carboxylic acids is 1. The Bertz CT molecular complexity index is 717. The summed E-state index contributed by atoms with van der Waals surface area (Å²) in [5.41, 5.74) is 0.850. The first kappa shape index (κ1) is 15.7. The molecule has 0 spiro atoms. The average molecular weight is 328 g/mol. The van der Waals surface area contributed by atoms with Crippen molar-refractivity contribution in [2.45, 2.75) is 31.3 Å². The monoisotopic (exact) mass is 328 g/mol. The van der Waals surface area contributed by atoms with Crippen LogP contribution in [0.2, 0.25) is 0 Å². The minimum atomic E-state index is -3.72. The fraction of sp³-hybridized carbons (Fsp3) is 0.308. The number of sulfonamides is 1. The van der Waals surface area contributed by atoms with Gasteiger partial charge in [0.1, 0.15) is 10.6 Å². The molecule has 2 heterocycles. The number of hydrogen-bond acceptors (Lipinski definition) is 4. The van der Waals surface area contributed by atoms with Gasteiger partial charge in [-0.3, -0.25) is 0 Å². The van der Waals surface area contributed by atoms with E-state index in [9.17, 15) is 13.2 Å². The van der Waals surface area contributed by atoms with Gasteiger partial charge in [0.2, 0.25) is 10.0 Å². The number of aromatic carboxylic acids is 1. The van der Waals surface area contributed by atoms with Gasteiger partial charge in [-0.1, -0.05) is 6.92 Å². The molecular formula is C13H16N2O4S2. The lowest BCUT2D eigenvalue weighted by Gasteiger charge is -2.04. The van der Waals surface area contributed by atoms with E-state index in [2.05, 4.69) is 4.72 Å². The van der Waals surface area contributed by atoms with Crippen LogP contribution in [0, 0.1) is 0 Å². The van der Waals surface area contributed by atoms with E-state index in [-0.39, 0.29) is 17.1 Å². The van der Waals surface area contributed by atoms with Crippen LogP contribution in [0.5, 0.6) is 0 Å². The van der Waals surface area contributed by atoms with E-state index in [1.807, 2.05) is 23.8 Å². The number of rotatable bonds is 7. The van der Waals surface area contributed by atoms with Gasteiger partial charge in [-0.25, -0.2) is 17.9 Å². The molecule has 2 aromatic rings. The Morgan fingerprint density at radius 2 is 2.24 bits per heavy atom. The van der Waals surface area contributed by atoms with Crippen LogP contribution in [-0.2, 0) is 23.1 Å². The minimum absolute atomic E-state index is 0.0206. The molecule has 2 N–H and O–H groups in total. The molecule has 2 rings (SSSR count). The standard InChI is InChI=1S/C13H16N2O4S2/c1-2-4-15-8-11(6-12(15)13(16)17)21(18,19)14-7-10-3-5-20-9-10/h3,5-6,8-9,14H,2,4,7H2,1H3,(H,16,17). The molecule has 0 aliphatic heterocycles. The third-order valence-electron chi connectivity index (χ3n) is 2.91. The van der Waals surface area contributed by atoms with Gasteiger partial charge in [-0.15, -0.1) is 0 Å². The molecular weight excluding hydrogens is 312 g/mol. The van der Waals surface area contributed by atoms with Gasteiger partial charge in [0.25, 0.3) is 0 Å². The molecule has 0 atom stereocenters. The van der Waals surface area contributed by atoms with Crippen molar-refractivity contribution in [2.24, 2.45) is 0 Å². The van der Waals surface area contributed by atoms with E-state index < -0.39 is 16.0 Å². The summed E-state index contributed by atoms with van der Waals surface area (Å²) >= 11 is 1.49. The summed E-state index contributed by atoms with van der Waals surface area (Å²) in [6, 6.07) is 3.02. The maximum Gasteiger partial charge on any atom is 0.352 e. The summed E-state index contributed by atoms with van der Waals surface area (Å²) in [6.07, 6.45) is 2.08. The zero-order valence-corrected chi connectivity index (χ0v) is 13.1. The average Bonchev–Trinajstić information content (AvgIpc) is 3.06. The van der Waals surface area contributed by atoms with Crippen LogP contribution in [0.15, 0.2) is 34.0 Å². The lowest BCUT2D eigenvalue weighted by molar-refractivity contribution is 0.0685. The Hall–Kier alpha value is -1.64. The van der Waals surface area contributed by atoms with Gasteiger partial charge in [-0.05, 0) is 34.9 Å². The lowest BCUT2D eigenvalue weighted by Crippen LogP contribution is -2.22. The molecule has 2 aromatic heterocycles. The number of carboxylic acid groups (broad SMARTS) is 1. The molecule has 0 amide bonds. The normalized spacial score (nSPS) is 11.7. The van der Waals surface area contributed by atoms with Gasteiger partial charge < -0.3 is 9.67 Å². The number of thiophene rings is 1. The predicted octanol–water partition coefficient (Wildman–Crippen LogP) is 2.14. The number of nitrogens with zero attached hydrogens (tertiary/aromatic N) is 1. The van der Waals surface area contributed by atoms with Crippen molar-refractivity contribution in [3.8, 4) is 0 Å². The number of aryl methyl sites for hydroxylation is 1. The van der Waals surface area contributed by atoms with E-state index in [0.29, 0.717) is 6.54 Å². The fourth-order valence-corrected chi connectivity index (χ4v) is 3.62. The van der Waals surface area contributed by atoms with E-state index in [1.54, 1.807) is 0 Å². The largest absolute Gasteiger partial charge is 0.477 e. The maximum atomic E-state index is 12.2. The molecule has 114 valence electrons. The molecule has 0 aliphatic rings. The molecule has 0 radical (unpaired) electrons. The quantitative estimate of drug-likeness (QED) is 0.815. The Morgan fingerprint density at radius 1 is 1.48 bits per heavy atom. The van der Waals surface area contributed by atoms with Gasteiger partial charge in [-0.2, -0.15) is 11.3 Å². The van der Waals surface area contributed by atoms with E-state index in [4.69, 9.17) is 5.11 Å². The molecule has 8 heteroatoms. The van der Waals surface area contributed by atoms with E-state index in [0.717, 1.165) is 12.0 Å². The number of hydrogen-bond donors (Lipinski definition) is 2. The maximum absolute atomic E-state index is 12.2. The fourth-order valence-electron chi connectivity index (χ4n) is 1.89. The smallest absolute Gasteiger partial charge is 0.352 e. The molecule has 0 fully saturated rings. The van der Waals surface area contributed by atoms with Crippen molar-refractivity contribution < 1.29 is 18.3 Å². The van der Waals surface area contributed by atoms with Crippen molar-refractivity contribution in [1.82, 2.24) is 9.29 Å². The Kier molecular flexibility index (Phi) is 4.81. The zero-order chi connectivity index (χ0) is 15.5. The predicted molar refractivity (Wildman–Crippen MR) is 80.0 cm³/mol. The number of aromatic nitrogens is 1. The van der Waals surface area contributed by atoms with Crippen LogP contribution < -0.4 is 4.72 Å². The third kappa shape index (κ3) is 3.72. The van der Waals surface area contributed by atoms with Gasteiger partial charge in [0.05, 0.1) is 0 Å². The second-order valence-electron chi connectivity index (χ2n) is 4.52. The first-order valence-electron chi connectivity index (χ1n) is 6.38. The van der Waals surface area contributed by atoms with E-state index in [1.165, 1.54) is 28.2 Å². The second-order valence-corrected chi connectivity index (χ2v) is 7.06. The van der Waals surface area contributed by atoms with Crippen LogP contribution in [-0.4, -0.2) is 24.1 Å². The minimum Gasteiger partial charge on any atom is -0.477 e. The molecule has 0 saturated carbocycles. The lowest BCUT2D eigenvalue weighted by atomic mass is 10.4. The van der Waals surface area contributed by atoms with Crippen LogP contribution in [0.3, 0.4) is 0 Å². The summed E-state index contributed by atoms with van der Waals surface area (Å²) in [5.74, 6) is -1.14. The molecule has 0 unspecified atom stereocenters. The van der Waals surface area contributed by atoms with Crippen LogP contribution in [0.1, 0.15) is 29.4 Å². The highest BCUT2D eigenvalue weighted by Crippen LogP contribution is 2.16. The van der Waals surface area contributed by atoms with Crippen molar-refractivity contribution in [2.75, 3.05) is 0 Å².